The summed E-state index contributed by atoms with van der Waals surface area (Å²) in [4.78, 5) is 0. The molecular weight excluding hydrogens is 372 g/mol. The van der Waals surface area contributed by atoms with Gasteiger partial charge in [-0.25, -0.2) is 0 Å². The second-order valence-corrected chi connectivity index (χ2v) is 13.8. The van der Waals surface area contributed by atoms with Crippen LogP contribution in [0.1, 0.15) is 124 Å². The molecule has 0 radical (unpaired) electrons. The maximum atomic E-state index is 2.55. The van der Waals surface area contributed by atoms with Crippen molar-refractivity contribution in [3.63, 3.8) is 0 Å². The van der Waals surface area contributed by atoms with Crippen LogP contribution in [-0.2, 0) is 0 Å². The average Bonchev–Trinajstić information content (AvgIpc) is 2.67. The van der Waals surface area contributed by atoms with Gasteiger partial charge < -0.3 is 0 Å². The van der Waals surface area contributed by atoms with E-state index in [9.17, 15) is 0 Å². The van der Waals surface area contributed by atoms with Crippen molar-refractivity contribution in [2.75, 3.05) is 0 Å². The monoisotopic (exact) mass is 437 g/mol. The van der Waals surface area contributed by atoms with Gasteiger partial charge in [0.15, 0.2) is 0 Å². The molecule has 10 atom stereocenters. The first kappa shape index (κ1) is 31.0. The molecule has 0 aliphatic rings. The zero-order chi connectivity index (χ0) is 24.8. The fraction of sp³-hybridized carbons (Fsp3) is 1.00. The van der Waals surface area contributed by atoms with Crippen molar-refractivity contribution in [3.8, 4) is 0 Å². The number of hydrogen-bond acceptors (Lipinski definition) is 0. The Hall–Kier alpha value is 0. The molecule has 31 heavy (non-hydrogen) atoms. The van der Waals surface area contributed by atoms with E-state index in [1.54, 1.807) is 0 Å². The maximum absolute atomic E-state index is 2.55. The lowest BCUT2D eigenvalue weighted by molar-refractivity contribution is 0.0467. The molecule has 0 rings (SSSR count). The minimum absolute atomic E-state index is 0.395. The van der Waals surface area contributed by atoms with Gasteiger partial charge in [0, 0.05) is 0 Å². The largest absolute Gasteiger partial charge is 0.0628 e. The fourth-order valence-corrected chi connectivity index (χ4v) is 6.36. The molecule has 0 heterocycles. The zero-order valence-electron chi connectivity index (χ0n) is 24.8. The summed E-state index contributed by atoms with van der Waals surface area (Å²) in [5.41, 5.74) is 0.395. The van der Waals surface area contributed by atoms with Crippen molar-refractivity contribution in [1.29, 1.82) is 0 Å². The molecule has 0 fully saturated rings. The molecule has 0 aromatic carbocycles. The van der Waals surface area contributed by atoms with E-state index in [-0.39, 0.29) is 0 Å². The Morgan fingerprint density at radius 2 is 0.806 bits per heavy atom. The topological polar surface area (TPSA) is 0 Å². The Morgan fingerprint density at radius 1 is 0.452 bits per heavy atom. The van der Waals surface area contributed by atoms with Crippen LogP contribution in [-0.4, -0.2) is 0 Å². The smallest absolute Gasteiger partial charge is 0.0323 e. The van der Waals surface area contributed by atoms with Crippen LogP contribution in [0.4, 0.5) is 0 Å². The molecule has 0 aromatic rings. The Labute approximate surface area is 200 Å². The maximum Gasteiger partial charge on any atom is -0.0323 e. The SMILES string of the molecule is CC(C)CC(C)C(C)CC(C)(C)C(C)C(C)C(C)C(C)C(C)C(C)C(C)C(C)C(C)C. The van der Waals surface area contributed by atoms with Crippen molar-refractivity contribution in [3.05, 3.63) is 0 Å². The molecular formula is C31H64. The first-order chi connectivity index (χ1) is 13.9. The molecule has 0 saturated heterocycles. The van der Waals surface area contributed by atoms with E-state index < -0.39 is 0 Å². The zero-order valence-corrected chi connectivity index (χ0v) is 24.8. The minimum atomic E-state index is 0.395. The molecule has 188 valence electrons. The van der Waals surface area contributed by atoms with Crippen LogP contribution >= 0.6 is 0 Å². The summed E-state index contributed by atoms with van der Waals surface area (Å²) in [6, 6.07) is 0. The third kappa shape index (κ3) is 9.04. The van der Waals surface area contributed by atoms with Crippen molar-refractivity contribution >= 4 is 0 Å². The third-order valence-electron chi connectivity index (χ3n) is 10.7. The summed E-state index contributed by atoms with van der Waals surface area (Å²) in [5, 5.41) is 0. The molecule has 10 unspecified atom stereocenters. The summed E-state index contributed by atoms with van der Waals surface area (Å²) in [6.07, 6.45) is 2.71. The van der Waals surface area contributed by atoms with Gasteiger partial charge in [-0.15, -0.1) is 0 Å². The molecule has 0 aliphatic heterocycles. The van der Waals surface area contributed by atoms with E-state index in [0.29, 0.717) is 5.41 Å². The lowest BCUT2D eigenvalue weighted by Gasteiger charge is -2.44. The molecule has 0 spiro atoms. The molecule has 0 aromatic heterocycles. The fourth-order valence-electron chi connectivity index (χ4n) is 6.36. The quantitative estimate of drug-likeness (QED) is 0.254. The van der Waals surface area contributed by atoms with Crippen LogP contribution in [0.15, 0.2) is 0 Å². The Morgan fingerprint density at radius 3 is 1.16 bits per heavy atom. The van der Waals surface area contributed by atoms with Gasteiger partial charge in [0.1, 0.15) is 0 Å². The van der Waals surface area contributed by atoms with Gasteiger partial charge in [-0.2, -0.15) is 0 Å². The highest BCUT2D eigenvalue weighted by atomic mass is 14.4. The van der Waals surface area contributed by atoms with Gasteiger partial charge in [0.05, 0.1) is 0 Å². The van der Waals surface area contributed by atoms with Crippen LogP contribution in [0.2, 0.25) is 0 Å². The summed E-state index contributed by atoms with van der Waals surface area (Å²) < 4.78 is 0. The van der Waals surface area contributed by atoms with Crippen LogP contribution in [0.3, 0.4) is 0 Å². The first-order valence-electron chi connectivity index (χ1n) is 13.9. The van der Waals surface area contributed by atoms with Crippen LogP contribution in [0.5, 0.6) is 0 Å². The molecule has 0 heteroatoms. The summed E-state index contributed by atoms with van der Waals surface area (Å²) in [5.74, 6) is 9.37. The Bertz CT molecular complexity index is 472. The van der Waals surface area contributed by atoms with Crippen LogP contribution < -0.4 is 0 Å². The van der Waals surface area contributed by atoms with E-state index >= 15 is 0 Å². The second-order valence-electron chi connectivity index (χ2n) is 13.8. The Balaban J connectivity index is 5.18. The number of rotatable bonds is 14. The van der Waals surface area contributed by atoms with Gasteiger partial charge in [0.2, 0.25) is 0 Å². The highest BCUT2D eigenvalue weighted by Crippen LogP contribution is 2.46. The lowest BCUT2D eigenvalue weighted by Crippen LogP contribution is -2.37. The molecule has 0 saturated carbocycles. The second kappa shape index (κ2) is 13.0. The van der Waals surface area contributed by atoms with Crippen molar-refractivity contribution in [2.24, 2.45) is 76.4 Å². The minimum Gasteiger partial charge on any atom is -0.0628 e. The predicted molar refractivity (Wildman–Crippen MR) is 144 cm³/mol. The highest BCUT2D eigenvalue weighted by Gasteiger charge is 2.38. The highest BCUT2D eigenvalue weighted by molar-refractivity contribution is 4.87. The van der Waals surface area contributed by atoms with E-state index in [2.05, 4.69) is 111 Å². The van der Waals surface area contributed by atoms with E-state index in [0.717, 1.165) is 71.0 Å². The van der Waals surface area contributed by atoms with Crippen molar-refractivity contribution in [1.82, 2.24) is 0 Å². The molecule has 0 N–H and O–H groups in total. The predicted octanol–water partition coefficient (Wildman–Crippen LogP) is 10.5. The summed E-state index contributed by atoms with van der Waals surface area (Å²) >= 11 is 0. The van der Waals surface area contributed by atoms with Gasteiger partial charge in [-0.3, -0.25) is 0 Å². The van der Waals surface area contributed by atoms with Gasteiger partial charge in [0.25, 0.3) is 0 Å². The summed E-state index contributed by atoms with van der Waals surface area (Å²) in [7, 11) is 0. The van der Waals surface area contributed by atoms with Crippen LogP contribution in [0.25, 0.3) is 0 Å². The number of hydrogen-bond donors (Lipinski definition) is 0. The molecule has 0 bridgehead atoms. The molecule has 0 nitrogen and oxygen atoms in total. The van der Waals surface area contributed by atoms with Crippen molar-refractivity contribution in [2.45, 2.75) is 124 Å². The summed E-state index contributed by atoms with van der Waals surface area (Å²) in [6.45, 7) is 39.8. The van der Waals surface area contributed by atoms with Gasteiger partial charge in [-0.1, -0.05) is 111 Å². The average molecular weight is 437 g/mol. The van der Waals surface area contributed by atoms with E-state index in [1.165, 1.54) is 12.8 Å². The van der Waals surface area contributed by atoms with Crippen LogP contribution in [0, 0.1) is 76.4 Å². The molecule has 0 aliphatic carbocycles. The first-order valence-corrected chi connectivity index (χ1v) is 13.9. The van der Waals surface area contributed by atoms with E-state index in [4.69, 9.17) is 0 Å². The molecule has 0 amide bonds. The van der Waals surface area contributed by atoms with Gasteiger partial charge >= 0.3 is 0 Å². The Kier molecular flexibility index (Phi) is 13.0. The lowest BCUT2D eigenvalue weighted by atomic mass is 9.61. The van der Waals surface area contributed by atoms with Crippen molar-refractivity contribution < 1.29 is 0 Å². The third-order valence-corrected chi connectivity index (χ3v) is 10.7. The standard InChI is InChI=1S/C31H64/c1-19(2)17-21(5)22(6)18-31(15,16)30(14)29(13)28(12)27(11)26(10)25(9)24(8)23(7)20(3)4/h19-30H,17-18H2,1-16H3. The van der Waals surface area contributed by atoms with Gasteiger partial charge in [-0.05, 0) is 89.3 Å². The normalized spacial score (nSPS) is 23.0. The van der Waals surface area contributed by atoms with E-state index in [1.807, 2.05) is 0 Å².